The molecule has 1 aliphatic carbocycles. The van der Waals surface area contributed by atoms with E-state index in [2.05, 4.69) is 48.9 Å². The molecule has 0 aromatic carbocycles. The number of hydrogen-bond donors (Lipinski definition) is 1. The van der Waals surface area contributed by atoms with Gasteiger partial charge in [-0.05, 0) is 32.6 Å². The van der Waals surface area contributed by atoms with E-state index in [0.717, 1.165) is 6.42 Å². The maximum atomic E-state index is 12.0. The maximum absolute atomic E-state index is 12.0. The molecule has 0 bridgehead atoms. The van der Waals surface area contributed by atoms with E-state index < -0.39 is 0 Å². The highest BCUT2D eigenvalue weighted by molar-refractivity contribution is 9.09. The number of alkyl halides is 1. The lowest BCUT2D eigenvalue weighted by Gasteiger charge is -2.31. The van der Waals surface area contributed by atoms with Crippen LogP contribution in [-0.4, -0.2) is 16.3 Å². The Balaban J connectivity index is 2.55. The van der Waals surface area contributed by atoms with Gasteiger partial charge in [-0.15, -0.1) is 0 Å². The summed E-state index contributed by atoms with van der Waals surface area (Å²) in [6.07, 6.45) is 3.45. The minimum atomic E-state index is -0.167. The molecule has 0 spiro atoms. The molecule has 0 aromatic rings. The lowest BCUT2D eigenvalue weighted by molar-refractivity contribution is -0.127. The van der Waals surface area contributed by atoms with Crippen LogP contribution in [0.3, 0.4) is 0 Å². The quantitative estimate of drug-likeness (QED) is 0.788. The minimum Gasteiger partial charge on any atom is -0.350 e. The molecular formula is C12H22BrNO. The van der Waals surface area contributed by atoms with Crippen LogP contribution >= 0.6 is 15.9 Å². The van der Waals surface area contributed by atoms with Gasteiger partial charge in [-0.2, -0.15) is 0 Å². The lowest BCUT2D eigenvalue weighted by Crippen LogP contribution is -2.51. The number of carbonyl (C=O) groups is 1. The molecule has 88 valence electrons. The van der Waals surface area contributed by atoms with Crippen LogP contribution in [0.2, 0.25) is 0 Å². The smallest absolute Gasteiger partial charge is 0.223 e. The average molecular weight is 276 g/mol. The number of carbonyl (C=O) groups excluding carboxylic acids is 1. The van der Waals surface area contributed by atoms with Crippen molar-refractivity contribution in [2.45, 2.75) is 57.3 Å². The molecule has 3 unspecified atom stereocenters. The molecule has 0 radical (unpaired) electrons. The van der Waals surface area contributed by atoms with Gasteiger partial charge < -0.3 is 5.32 Å². The Hall–Kier alpha value is -0.0500. The van der Waals surface area contributed by atoms with E-state index in [1.165, 1.54) is 12.8 Å². The molecule has 1 fully saturated rings. The predicted molar refractivity (Wildman–Crippen MR) is 67.1 cm³/mol. The zero-order valence-electron chi connectivity index (χ0n) is 10.1. The fourth-order valence-electron chi connectivity index (χ4n) is 2.04. The van der Waals surface area contributed by atoms with E-state index in [0.29, 0.717) is 5.92 Å². The topological polar surface area (TPSA) is 29.1 Å². The fraction of sp³-hybridized carbons (Fsp3) is 0.917. The van der Waals surface area contributed by atoms with Crippen LogP contribution in [-0.2, 0) is 4.79 Å². The zero-order chi connectivity index (χ0) is 11.6. The first-order valence-electron chi connectivity index (χ1n) is 5.80. The molecular weight excluding hydrogens is 254 g/mol. The van der Waals surface area contributed by atoms with E-state index in [1.807, 2.05) is 0 Å². The summed E-state index contributed by atoms with van der Waals surface area (Å²) < 4.78 is 0. The second-order valence-corrected chi connectivity index (χ2v) is 6.72. The van der Waals surface area contributed by atoms with Gasteiger partial charge in [0.1, 0.15) is 0 Å². The van der Waals surface area contributed by atoms with Crippen molar-refractivity contribution >= 4 is 21.8 Å². The maximum Gasteiger partial charge on any atom is 0.223 e. The number of halogens is 1. The molecule has 1 aliphatic rings. The summed E-state index contributed by atoms with van der Waals surface area (Å²) in [5, 5.41) is 3.14. The summed E-state index contributed by atoms with van der Waals surface area (Å²) in [6.45, 7) is 8.37. The summed E-state index contributed by atoms with van der Waals surface area (Å²) >= 11 is 3.53. The van der Waals surface area contributed by atoms with Crippen molar-refractivity contribution < 1.29 is 4.79 Å². The minimum absolute atomic E-state index is 0.167. The van der Waals surface area contributed by atoms with Crippen LogP contribution in [0, 0.1) is 11.8 Å². The third-order valence-corrected chi connectivity index (χ3v) is 4.78. The Morgan fingerprint density at radius 2 is 2.07 bits per heavy atom. The fourth-order valence-corrected chi connectivity index (χ4v) is 2.16. The SMILES string of the molecule is CC1CCCC1C(=O)NC(C)(C)C(C)Br. The lowest BCUT2D eigenvalue weighted by atomic mass is 9.94. The second-order valence-electron chi connectivity index (χ2n) is 5.34. The van der Waals surface area contributed by atoms with Crippen molar-refractivity contribution in [3.8, 4) is 0 Å². The zero-order valence-corrected chi connectivity index (χ0v) is 11.7. The largest absolute Gasteiger partial charge is 0.350 e. The van der Waals surface area contributed by atoms with Gasteiger partial charge in [0.05, 0.1) is 0 Å². The standard InChI is InChI=1S/C12H22BrNO/c1-8-6-5-7-10(8)11(15)14-12(3,4)9(2)13/h8-10H,5-7H2,1-4H3,(H,14,15). The first-order chi connectivity index (χ1) is 6.84. The second kappa shape index (κ2) is 4.86. The highest BCUT2D eigenvalue weighted by Gasteiger charge is 2.34. The first kappa shape index (κ1) is 13.0. The van der Waals surface area contributed by atoms with Crippen LogP contribution in [0.25, 0.3) is 0 Å². The molecule has 0 heterocycles. The summed E-state index contributed by atoms with van der Waals surface area (Å²) in [6, 6.07) is 0. The number of nitrogens with one attached hydrogen (secondary N) is 1. The highest BCUT2D eigenvalue weighted by atomic mass is 79.9. The van der Waals surface area contributed by atoms with Crippen molar-refractivity contribution in [1.82, 2.24) is 5.32 Å². The van der Waals surface area contributed by atoms with Crippen LogP contribution in [0.15, 0.2) is 0 Å². The molecule has 1 amide bonds. The van der Waals surface area contributed by atoms with Crippen molar-refractivity contribution in [3.63, 3.8) is 0 Å². The molecule has 15 heavy (non-hydrogen) atoms. The van der Waals surface area contributed by atoms with Gasteiger partial charge in [0.25, 0.3) is 0 Å². The monoisotopic (exact) mass is 275 g/mol. The normalized spacial score (nSPS) is 28.9. The summed E-state index contributed by atoms with van der Waals surface area (Å²) in [5.41, 5.74) is -0.167. The average Bonchev–Trinajstić information content (AvgIpc) is 2.50. The Kier molecular flexibility index (Phi) is 4.21. The molecule has 3 heteroatoms. The van der Waals surface area contributed by atoms with Gasteiger partial charge in [-0.25, -0.2) is 0 Å². The summed E-state index contributed by atoms with van der Waals surface area (Å²) in [7, 11) is 0. The van der Waals surface area contributed by atoms with Crippen LogP contribution < -0.4 is 5.32 Å². The van der Waals surface area contributed by atoms with Crippen molar-refractivity contribution in [2.24, 2.45) is 11.8 Å². The highest BCUT2D eigenvalue weighted by Crippen LogP contribution is 2.32. The Bertz CT molecular complexity index is 238. The molecule has 0 saturated heterocycles. The Morgan fingerprint density at radius 3 is 2.47 bits per heavy atom. The van der Waals surface area contributed by atoms with Gasteiger partial charge in [-0.1, -0.05) is 36.2 Å². The van der Waals surface area contributed by atoms with Crippen molar-refractivity contribution in [1.29, 1.82) is 0 Å². The van der Waals surface area contributed by atoms with Gasteiger partial charge in [-0.3, -0.25) is 4.79 Å². The summed E-state index contributed by atoms with van der Waals surface area (Å²) in [4.78, 5) is 12.3. The van der Waals surface area contributed by atoms with Gasteiger partial charge in [0.15, 0.2) is 0 Å². The Labute approximate surface area is 101 Å². The number of rotatable bonds is 3. The number of hydrogen-bond acceptors (Lipinski definition) is 1. The van der Waals surface area contributed by atoms with E-state index in [-0.39, 0.29) is 22.2 Å². The predicted octanol–water partition coefficient (Wildman–Crippen LogP) is 3.10. The van der Waals surface area contributed by atoms with Gasteiger partial charge >= 0.3 is 0 Å². The van der Waals surface area contributed by atoms with Crippen molar-refractivity contribution in [2.75, 3.05) is 0 Å². The van der Waals surface area contributed by atoms with Crippen LogP contribution in [0.5, 0.6) is 0 Å². The van der Waals surface area contributed by atoms with E-state index in [9.17, 15) is 4.79 Å². The third-order valence-electron chi connectivity index (χ3n) is 3.64. The molecule has 0 aromatic heterocycles. The van der Waals surface area contributed by atoms with E-state index in [1.54, 1.807) is 0 Å². The van der Waals surface area contributed by atoms with Gasteiger partial charge in [0, 0.05) is 16.3 Å². The molecule has 3 atom stereocenters. The third kappa shape index (κ3) is 3.20. The first-order valence-corrected chi connectivity index (χ1v) is 6.72. The molecule has 1 rings (SSSR count). The molecule has 0 aliphatic heterocycles. The molecule has 1 N–H and O–H groups in total. The van der Waals surface area contributed by atoms with E-state index in [4.69, 9.17) is 0 Å². The van der Waals surface area contributed by atoms with Crippen LogP contribution in [0.4, 0.5) is 0 Å². The van der Waals surface area contributed by atoms with Crippen LogP contribution in [0.1, 0.15) is 47.0 Å². The van der Waals surface area contributed by atoms with Gasteiger partial charge in [0.2, 0.25) is 5.91 Å². The molecule has 1 saturated carbocycles. The number of amides is 1. The van der Waals surface area contributed by atoms with E-state index >= 15 is 0 Å². The summed E-state index contributed by atoms with van der Waals surface area (Å²) in [5.74, 6) is 1.01. The van der Waals surface area contributed by atoms with Crippen molar-refractivity contribution in [3.05, 3.63) is 0 Å². The molecule has 2 nitrogen and oxygen atoms in total. The Morgan fingerprint density at radius 1 is 1.47 bits per heavy atom.